The Kier molecular flexibility index (Phi) is 4.15. The van der Waals surface area contributed by atoms with E-state index < -0.39 is 0 Å². The van der Waals surface area contributed by atoms with Crippen LogP contribution in [0.15, 0.2) is 53.0 Å². The van der Waals surface area contributed by atoms with Gasteiger partial charge in [0, 0.05) is 22.1 Å². The summed E-state index contributed by atoms with van der Waals surface area (Å²) in [5, 5.41) is 8.63. The molecule has 0 saturated carbocycles. The van der Waals surface area contributed by atoms with Gasteiger partial charge in [0.05, 0.1) is 11.4 Å². The van der Waals surface area contributed by atoms with Crippen molar-refractivity contribution in [3.8, 4) is 16.9 Å². The lowest BCUT2D eigenvalue weighted by molar-refractivity contribution is 0.779. The second kappa shape index (κ2) is 6.44. The molecular weight excluding hydrogens is 362 g/mol. The zero-order valence-corrected chi connectivity index (χ0v) is 15.3. The third kappa shape index (κ3) is 2.65. The van der Waals surface area contributed by atoms with E-state index in [1.165, 1.54) is 24.0 Å². The number of rotatable bonds is 2. The number of fused-ring (bicyclic) bond motifs is 1. The van der Waals surface area contributed by atoms with E-state index in [-0.39, 0.29) is 0 Å². The summed E-state index contributed by atoms with van der Waals surface area (Å²) in [6, 6.07) is 16.8. The Labute approximate surface area is 150 Å². The van der Waals surface area contributed by atoms with Crippen LogP contribution in [0.5, 0.6) is 0 Å². The van der Waals surface area contributed by atoms with E-state index in [2.05, 4.69) is 75.3 Å². The van der Waals surface area contributed by atoms with Crippen molar-refractivity contribution in [1.82, 2.24) is 9.78 Å². The van der Waals surface area contributed by atoms with Crippen molar-refractivity contribution in [2.24, 2.45) is 0 Å². The molecule has 0 amide bonds. The van der Waals surface area contributed by atoms with Gasteiger partial charge in [-0.3, -0.25) is 0 Å². The Morgan fingerprint density at radius 3 is 2.67 bits per heavy atom. The first-order chi connectivity index (χ1) is 11.8. The van der Waals surface area contributed by atoms with Gasteiger partial charge in [0.1, 0.15) is 5.82 Å². The normalized spacial score (nSPS) is 13.9. The first-order valence-corrected chi connectivity index (χ1v) is 9.21. The minimum Gasteiger partial charge on any atom is -0.370 e. The monoisotopic (exact) mass is 381 g/mol. The maximum atomic E-state index is 5.02. The zero-order chi connectivity index (χ0) is 16.5. The van der Waals surface area contributed by atoms with Gasteiger partial charge in [0.25, 0.3) is 0 Å². The van der Waals surface area contributed by atoms with Gasteiger partial charge in [-0.05, 0) is 43.9 Å². The van der Waals surface area contributed by atoms with Crippen LogP contribution < -0.4 is 5.32 Å². The van der Waals surface area contributed by atoms with Gasteiger partial charge in [0.15, 0.2) is 0 Å². The first kappa shape index (κ1) is 15.5. The summed E-state index contributed by atoms with van der Waals surface area (Å²) in [5.41, 5.74) is 5.93. The van der Waals surface area contributed by atoms with E-state index >= 15 is 0 Å². The quantitative estimate of drug-likeness (QED) is 0.647. The molecule has 2 heterocycles. The van der Waals surface area contributed by atoms with Gasteiger partial charge in [-0.25, -0.2) is 4.68 Å². The number of halogens is 1. The van der Waals surface area contributed by atoms with Crippen molar-refractivity contribution in [2.45, 2.75) is 26.2 Å². The number of benzene rings is 2. The van der Waals surface area contributed by atoms with Crippen molar-refractivity contribution < 1.29 is 0 Å². The number of para-hydroxylation sites is 1. The summed E-state index contributed by atoms with van der Waals surface area (Å²) in [4.78, 5) is 0. The Balaban J connectivity index is 1.96. The van der Waals surface area contributed by atoms with Gasteiger partial charge in [-0.15, -0.1) is 0 Å². The number of nitrogens with one attached hydrogen (secondary N) is 1. The minimum atomic E-state index is 1.000. The highest BCUT2D eigenvalue weighted by Gasteiger charge is 2.23. The lowest BCUT2D eigenvalue weighted by Gasteiger charge is -2.11. The molecule has 3 nitrogen and oxygen atoms in total. The molecule has 0 saturated heterocycles. The van der Waals surface area contributed by atoms with Crippen LogP contribution >= 0.6 is 15.9 Å². The molecule has 1 N–H and O–H groups in total. The molecule has 0 aliphatic carbocycles. The van der Waals surface area contributed by atoms with E-state index in [1.54, 1.807) is 0 Å². The van der Waals surface area contributed by atoms with Crippen LogP contribution in [0.25, 0.3) is 16.9 Å². The maximum absolute atomic E-state index is 5.02. The Hall–Kier alpha value is -2.07. The average Bonchev–Trinajstić information content (AvgIpc) is 2.78. The van der Waals surface area contributed by atoms with Gasteiger partial charge in [-0.2, -0.15) is 5.10 Å². The lowest BCUT2D eigenvalue weighted by Crippen LogP contribution is -2.08. The standard InChI is InChI=1S/C20H20BrN3/c1-14-8-2-5-12-18(14)24-20-16(10-6-7-13-22-20)19(23-24)15-9-3-4-11-17(15)21/h2-5,8-9,11-12,22H,6-7,10,13H2,1H3. The molecule has 0 atom stereocenters. The molecule has 2 aromatic carbocycles. The Morgan fingerprint density at radius 1 is 1.04 bits per heavy atom. The molecule has 1 aliphatic heterocycles. The highest BCUT2D eigenvalue weighted by atomic mass is 79.9. The van der Waals surface area contributed by atoms with Gasteiger partial charge < -0.3 is 5.32 Å². The smallest absolute Gasteiger partial charge is 0.133 e. The molecule has 24 heavy (non-hydrogen) atoms. The molecule has 1 aromatic heterocycles. The summed E-state index contributed by atoms with van der Waals surface area (Å²) in [7, 11) is 0. The Morgan fingerprint density at radius 2 is 1.83 bits per heavy atom. The highest BCUT2D eigenvalue weighted by molar-refractivity contribution is 9.10. The van der Waals surface area contributed by atoms with E-state index in [4.69, 9.17) is 5.10 Å². The van der Waals surface area contributed by atoms with Gasteiger partial charge in [-0.1, -0.05) is 52.3 Å². The number of nitrogens with zero attached hydrogens (tertiary/aromatic N) is 2. The summed E-state index contributed by atoms with van der Waals surface area (Å²) in [6.45, 7) is 3.14. The minimum absolute atomic E-state index is 1.000. The lowest BCUT2D eigenvalue weighted by atomic mass is 10.0. The molecule has 4 heteroatoms. The number of hydrogen-bond acceptors (Lipinski definition) is 2. The third-order valence-electron chi connectivity index (χ3n) is 4.60. The molecule has 0 radical (unpaired) electrons. The zero-order valence-electron chi connectivity index (χ0n) is 13.7. The topological polar surface area (TPSA) is 29.9 Å². The Bertz CT molecular complexity index is 812. The van der Waals surface area contributed by atoms with Crippen LogP contribution in [0.2, 0.25) is 0 Å². The summed E-state index contributed by atoms with van der Waals surface area (Å²) in [5.74, 6) is 1.15. The van der Waals surface area contributed by atoms with Crippen LogP contribution in [0, 0.1) is 6.92 Å². The molecule has 4 rings (SSSR count). The second-order valence-electron chi connectivity index (χ2n) is 6.24. The molecule has 3 aromatic rings. The van der Waals surface area contributed by atoms with Crippen molar-refractivity contribution >= 4 is 21.7 Å². The van der Waals surface area contributed by atoms with Crippen molar-refractivity contribution in [2.75, 3.05) is 11.9 Å². The van der Waals surface area contributed by atoms with Crippen molar-refractivity contribution in [1.29, 1.82) is 0 Å². The van der Waals surface area contributed by atoms with Crippen LogP contribution in [-0.4, -0.2) is 16.3 Å². The third-order valence-corrected chi connectivity index (χ3v) is 5.29. The van der Waals surface area contributed by atoms with Crippen LogP contribution in [-0.2, 0) is 6.42 Å². The van der Waals surface area contributed by atoms with Crippen molar-refractivity contribution in [3.63, 3.8) is 0 Å². The van der Waals surface area contributed by atoms with Crippen LogP contribution in [0.1, 0.15) is 24.0 Å². The molecule has 0 unspecified atom stereocenters. The van der Waals surface area contributed by atoms with E-state index in [9.17, 15) is 0 Å². The van der Waals surface area contributed by atoms with E-state index in [0.717, 1.165) is 40.2 Å². The fraction of sp³-hybridized carbons (Fsp3) is 0.250. The van der Waals surface area contributed by atoms with E-state index in [1.807, 2.05) is 6.07 Å². The summed E-state index contributed by atoms with van der Waals surface area (Å²) < 4.78 is 3.18. The SMILES string of the molecule is Cc1ccccc1-n1nc(-c2ccccc2Br)c2c1NCCCC2. The summed E-state index contributed by atoms with van der Waals surface area (Å²) in [6.07, 6.45) is 3.44. The number of hydrogen-bond donors (Lipinski definition) is 1. The number of aryl methyl sites for hydroxylation is 1. The predicted octanol–water partition coefficient (Wildman–Crippen LogP) is 5.36. The van der Waals surface area contributed by atoms with Crippen molar-refractivity contribution in [3.05, 3.63) is 64.1 Å². The van der Waals surface area contributed by atoms with Crippen LogP contribution in [0.3, 0.4) is 0 Å². The number of anilines is 1. The van der Waals surface area contributed by atoms with E-state index in [0.29, 0.717) is 0 Å². The second-order valence-corrected chi connectivity index (χ2v) is 7.09. The molecule has 0 fully saturated rings. The molecule has 122 valence electrons. The molecule has 0 bridgehead atoms. The van der Waals surface area contributed by atoms with Gasteiger partial charge >= 0.3 is 0 Å². The highest BCUT2D eigenvalue weighted by Crippen LogP contribution is 2.37. The molecular formula is C20H20BrN3. The fourth-order valence-corrected chi connectivity index (χ4v) is 3.82. The van der Waals surface area contributed by atoms with Crippen LogP contribution in [0.4, 0.5) is 5.82 Å². The largest absolute Gasteiger partial charge is 0.370 e. The predicted molar refractivity (Wildman–Crippen MR) is 103 cm³/mol. The molecule has 0 spiro atoms. The fourth-order valence-electron chi connectivity index (χ4n) is 3.35. The van der Waals surface area contributed by atoms with Gasteiger partial charge in [0.2, 0.25) is 0 Å². The maximum Gasteiger partial charge on any atom is 0.133 e. The first-order valence-electron chi connectivity index (χ1n) is 8.42. The number of aromatic nitrogens is 2. The average molecular weight is 382 g/mol. The summed E-state index contributed by atoms with van der Waals surface area (Å²) >= 11 is 3.69. The molecule has 1 aliphatic rings.